The lowest BCUT2D eigenvalue weighted by atomic mass is 9.74. The molecule has 0 amide bonds. The summed E-state index contributed by atoms with van der Waals surface area (Å²) in [4.78, 5) is 0. The normalized spacial score (nSPS) is 15.8. The fraction of sp³-hybridized carbons (Fsp3) is 0.231. The van der Waals surface area contributed by atoms with Crippen molar-refractivity contribution in [2.24, 2.45) is 0 Å². The minimum absolute atomic E-state index is 0.207. The molecule has 0 heterocycles. The maximum absolute atomic E-state index is 13.4. The highest BCUT2D eigenvalue weighted by Gasteiger charge is 2.26. The Balaban J connectivity index is 1.79. The van der Waals surface area contributed by atoms with Crippen LogP contribution in [0.2, 0.25) is 0 Å². The third kappa shape index (κ3) is 3.91. The molecule has 0 saturated carbocycles. The molecule has 2 nitrogen and oxygen atoms in total. The average Bonchev–Trinajstić information content (AvgIpc) is 2.76. The van der Waals surface area contributed by atoms with Crippen molar-refractivity contribution >= 4 is 5.57 Å². The van der Waals surface area contributed by atoms with Gasteiger partial charge in [0.25, 0.3) is 0 Å². The second-order valence-electron chi connectivity index (χ2n) is 7.52. The van der Waals surface area contributed by atoms with Gasteiger partial charge in [-0.1, -0.05) is 35.9 Å². The van der Waals surface area contributed by atoms with Crippen molar-refractivity contribution in [2.45, 2.75) is 25.7 Å². The molecule has 0 spiro atoms. The van der Waals surface area contributed by atoms with Crippen molar-refractivity contribution in [1.82, 2.24) is 0 Å². The Labute approximate surface area is 171 Å². The average molecular weight is 388 g/mol. The van der Waals surface area contributed by atoms with E-state index in [1.165, 1.54) is 40.0 Å². The van der Waals surface area contributed by atoms with E-state index in [-0.39, 0.29) is 5.82 Å². The first-order valence-electron chi connectivity index (χ1n) is 9.84. The Morgan fingerprint density at radius 2 is 1.52 bits per heavy atom. The van der Waals surface area contributed by atoms with Gasteiger partial charge >= 0.3 is 0 Å². The van der Waals surface area contributed by atoms with Gasteiger partial charge in [0.15, 0.2) is 0 Å². The molecule has 1 aliphatic rings. The Morgan fingerprint density at radius 1 is 0.862 bits per heavy atom. The zero-order valence-electron chi connectivity index (χ0n) is 17.0. The summed E-state index contributed by atoms with van der Waals surface area (Å²) in [7, 11) is 3.38. The van der Waals surface area contributed by atoms with Crippen LogP contribution in [0.4, 0.5) is 4.39 Å². The predicted molar refractivity (Wildman–Crippen MR) is 115 cm³/mol. The summed E-state index contributed by atoms with van der Waals surface area (Å²) in [6.45, 7) is 2.22. The van der Waals surface area contributed by atoms with E-state index in [1.807, 2.05) is 30.3 Å². The molecule has 29 heavy (non-hydrogen) atoms. The molecule has 0 fully saturated rings. The van der Waals surface area contributed by atoms with E-state index in [0.29, 0.717) is 5.92 Å². The molecule has 148 valence electrons. The van der Waals surface area contributed by atoms with E-state index in [9.17, 15) is 4.39 Å². The third-order valence-electron chi connectivity index (χ3n) is 5.88. The van der Waals surface area contributed by atoms with E-state index in [4.69, 9.17) is 9.47 Å². The quantitative estimate of drug-likeness (QED) is 0.518. The third-order valence-corrected chi connectivity index (χ3v) is 5.88. The van der Waals surface area contributed by atoms with Crippen LogP contribution in [0.25, 0.3) is 5.57 Å². The zero-order valence-corrected chi connectivity index (χ0v) is 17.0. The van der Waals surface area contributed by atoms with Gasteiger partial charge in [-0.15, -0.1) is 0 Å². The largest absolute Gasteiger partial charge is 0.497 e. The van der Waals surface area contributed by atoms with E-state index in [2.05, 4.69) is 31.2 Å². The van der Waals surface area contributed by atoms with Crippen molar-refractivity contribution in [1.29, 1.82) is 0 Å². The maximum atomic E-state index is 13.4. The molecule has 1 aliphatic carbocycles. The van der Waals surface area contributed by atoms with Crippen LogP contribution in [0.5, 0.6) is 11.5 Å². The van der Waals surface area contributed by atoms with Gasteiger partial charge in [0.2, 0.25) is 0 Å². The first-order valence-corrected chi connectivity index (χ1v) is 9.84. The number of benzene rings is 3. The van der Waals surface area contributed by atoms with Crippen molar-refractivity contribution in [3.8, 4) is 11.5 Å². The summed E-state index contributed by atoms with van der Waals surface area (Å²) < 4.78 is 24.2. The number of hydrogen-bond donors (Lipinski definition) is 0. The number of hydrogen-bond acceptors (Lipinski definition) is 2. The smallest absolute Gasteiger partial charge is 0.123 e. The van der Waals surface area contributed by atoms with Crippen molar-refractivity contribution in [3.05, 3.63) is 100 Å². The first kappa shape index (κ1) is 19.3. The van der Waals surface area contributed by atoms with Gasteiger partial charge in [-0.25, -0.2) is 4.39 Å². The molecule has 1 atom stereocenters. The Hall–Kier alpha value is -3.07. The van der Waals surface area contributed by atoms with Crippen LogP contribution in [-0.2, 0) is 12.8 Å². The number of rotatable bonds is 5. The van der Waals surface area contributed by atoms with Crippen LogP contribution in [0.1, 0.15) is 35.1 Å². The number of halogens is 1. The molecule has 0 aromatic heterocycles. The lowest BCUT2D eigenvalue weighted by Crippen LogP contribution is -2.15. The minimum Gasteiger partial charge on any atom is -0.497 e. The number of ether oxygens (including phenoxy) is 2. The maximum Gasteiger partial charge on any atom is 0.123 e. The summed E-state index contributed by atoms with van der Waals surface area (Å²) in [5, 5.41) is 0. The second-order valence-corrected chi connectivity index (χ2v) is 7.52. The van der Waals surface area contributed by atoms with Gasteiger partial charge in [-0.3, -0.25) is 0 Å². The van der Waals surface area contributed by atoms with Crippen LogP contribution in [0.15, 0.2) is 72.3 Å². The van der Waals surface area contributed by atoms with E-state index in [0.717, 1.165) is 29.9 Å². The van der Waals surface area contributed by atoms with Gasteiger partial charge in [-0.2, -0.15) is 0 Å². The van der Waals surface area contributed by atoms with Gasteiger partial charge in [0, 0.05) is 5.92 Å². The molecular formula is C26H25FO2. The summed E-state index contributed by atoms with van der Waals surface area (Å²) in [6, 6.07) is 21.5. The Bertz CT molecular complexity index is 1030. The Morgan fingerprint density at radius 3 is 2.17 bits per heavy atom. The topological polar surface area (TPSA) is 18.5 Å². The van der Waals surface area contributed by atoms with Gasteiger partial charge in [0.1, 0.15) is 17.3 Å². The summed E-state index contributed by atoms with van der Waals surface area (Å²) >= 11 is 0. The summed E-state index contributed by atoms with van der Waals surface area (Å²) in [5.41, 5.74) is 7.56. The van der Waals surface area contributed by atoms with Crippen LogP contribution < -0.4 is 9.47 Å². The molecule has 3 heteroatoms. The number of allylic oxidation sites excluding steroid dienone is 2. The summed E-state index contributed by atoms with van der Waals surface area (Å²) in [6.07, 6.45) is 1.71. The van der Waals surface area contributed by atoms with Crippen LogP contribution in [0.3, 0.4) is 0 Å². The minimum atomic E-state index is -0.207. The number of fused-ring (bicyclic) bond motifs is 1. The second kappa shape index (κ2) is 8.12. The first-order chi connectivity index (χ1) is 14.1. The van der Waals surface area contributed by atoms with Crippen molar-refractivity contribution in [3.63, 3.8) is 0 Å². The van der Waals surface area contributed by atoms with E-state index < -0.39 is 0 Å². The fourth-order valence-electron chi connectivity index (χ4n) is 4.18. The van der Waals surface area contributed by atoms with Crippen molar-refractivity contribution in [2.75, 3.05) is 14.2 Å². The lowest BCUT2D eigenvalue weighted by Gasteiger charge is -2.30. The molecule has 0 N–H and O–H groups in total. The number of methoxy groups -OCH3 is 2. The lowest BCUT2D eigenvalue weighted by molar-refractivity contribution is 0.414. The zero-order chi connectivity index (χ0) is 20.4. The standard InChI is InChI=1S/C26H25FO2/c1-17-24(19-6-11-22(28-2)12-7-19)15-20-8-13-23(29-3)16-26(20)25(17)14-18-4-9-21(27)10-5-18/h4-13,16,24H,14-15H2,1-3H3. The molecule has 1 unspecified atom stereocenters. The molecule has 0 radical (unpaired) electrons. The molecular weight excluding hydrogens is 363 g/mol. The molecule has 3 aromatic carbocycles. The molecule has 3 aromatic rings. The monoisotopic (exact) mass is 388 g/mol. The Kier molecular flexibility index (Phi) is 5.39. The van der Waals surface area contributed by atoms with Crippen LogP contribution in [-0.4, -0.2) is 14.2 Å². The van der Waals surface area contributed by atoms with Gasteiger partial charge < -0.3 is 9.47 Å². The summed E-state index contributed by atoms with van der Waals surface area (Å²) in [5.74, 6) is 1.82. The highest BCUT2D eigenvalue weighted by molar-refractivity contribution is 5.77. The highest BCUT2D eigenvalue weighted by atomic mass is 19.1. The predicted octanol–water partition coefficient (Wildman–Crippen LogP) is 6.20. The highest BCUT2D eigenvalue weighted by Crippen LogP contribution is 2.42. The van der Waals surface area contributed by atoms with E-state index >= 15 is 0 Å². The molecule has 4 rings (SSSR count). The van der Waals surface area contributed by atoms with Gasteiger partial charge in [-0.05, 0) is 84.0 Å². The molecule has 0 saturated heterocycles. The van der Waals surface area contributed by atoms with Crippen LogP contribution >= 0.6 is 0 Å². The van der Waals surface area contributed by atoms with Crippen LogP contribution in [0, 0.1) is 5.82 Å². The van der Waals surface area contributed by atoms with Crippen molar-refractivity contribution < 1.29 is 13.9 Å². The fourth-order valence-corrected chi connectivity index (χ4v) is 4.18. The SMILES string of the molecule is COc1ccc(C2Cc3ccc(OC)cc3C(Cc3ccc(F)cc3)=C2C)cc1. The van der Waals surface area contributed by atoms with Gasteiger partial charge in [0.05, 0.1) is 14.2 Å². The molecule has 0 aliphatic heterocycles. The van der Waals surface area contributed by atoms with E-state index in [1.54, 1.807) is 14.2 Å². The molecule has 0 bridgehead atoms.